The highest BCUT2D eigenvalue weighted by Crippen LogP contribution is 2.37. The van der Waals surface area contributed by atoms with E-state index in [-0.39, 0.29) is 11.5 Å². The van der Waals surface area contributed by atoms with Crippen LogP contribution in [0.25, 0.3) is 0 Å². The van der Waals surface area contributed by atoms with Gasteiger partial charge in [0.1, 0.15) is 0 Å². The van der Waals surface area contributed by atoms with Crippen molar-refractivity contribution >= 4 is 34.5 Å². The minimum Gasteiger partial charge on any atom is -0.376 e. The lowest BCUT2D eigenvalue weighted by atomic mass is 10.1. The molecule has 0 amide bonds. The van der Waals surface area contributed by atoms with Gasteiger partial charge in [-0.2, -0.15) is 0 Å². The molecule has 2 atom stereocenters. The van der Waals surface area contributed by atoms with E-state index >= 15 is 0 Å². The summed E-state index contributed by atoms with van der Waals surface area (Å²) in [5.74, 6) is 0. The first-order valence-electron chi connectivity index (χ1n) is 4.28. The topological polar surface area (TPSA) is 9.23 Å². The lowest BCUT2D eigenvalue weighted by Gasteiger charge is -2.14. The molecule has 72 valence electrons. The fraction of sp³-hybridized carbons (Fsp3) is 0.556. The standard InChI is InChI=1S/C9H10Cl2OS/c10-8-4-3-7(13-8)9(11)6-2-1-5-12-6/h3-4,6,9H,1-2,5H2. The first-order chi connectivity index (χ1) is 6.27. The second kappa shape index (κ2) is 4.18. The van der Waals surface area contributed by atoms with Crippen LogP contribution in [0.2, 0.25) is 4.34 Å². The van der Waals surface area contributed by atoms with Crippen LogP contribution in [0.4, 0.5) is 0 Å². The Hall–Kier alpha value is 0.240. The number of halogens is 2. The van der Waals surface area contributed by atoms with Gasteiger partial charge in [0.25, 0.3) is 0 Å². The SMILES string of the molecule is Clc1ccc(C(Cl)C2CCCO2)s1. The Bertz CT molecular complexity index is 281. The monoisotopic (exact) mass is 236 g/mol. The van der Waals surface area contributed by atoms with Crippen LogP contribution in [0, 0.1) is 0 Å². The van der Waals surface area contributed by atoms with Gasteiger partial charge in [0.15, 0.2) is 0 Å². The van der Waals surface area contributed by atoms with Crippen LogP contribution in [0.5, 0.6) is 0 Å². The molecule has 4 heteroatoms. The Labute approximate surface area is 91.6 Å². The highest BCUT2D eigenvalue weighted by Gasteiger charge is 2.26. The zero-order valence-electron chi connectivity index (χ0n) is 7.00. The largest absolute Gasteiger partial charge is 0.376 e. The highest BCUT2D eigenvalue weighted by molar-refractivity contribution is 7.16. The van der Waals surface area contributed by atoms with E-state index in [1.807, 2.05) is 12.1 Å². The third kappa shape index (κ3) is 2.18. The van der Waals surface area contributed by atoms with E-state index in [0.717, 1.165) is 28.7 Å². The van der Waals surface area contributed by atoms with Gasteiger partial charge in [-0.25, -0.2) is 0 Å². The van der Waals surface area contributed by atoms with Crippen molar-refractivity contribution in [1.82, 2.24) is 0 Å². The maximum Gasteiger partial charge on any atom is 0.0940 e. The number of ether oxygens (including phenoxy) is 1. The average molecular weight is 237 g/mol. The zero-order chi connectivity index (χ0) is 9.26. The van der Waals surface area contributed by atoms with Crippen molar-refractivity contribution in [2.45, 2.75) is 24.3 Å². The molecule has 1 fully saturated rings. The van der Waals surface area contributed by atoms with Crippen LogP contribution in [-0.4, -0.2) is 12.7 Å². The van der Waals surface area contributed by atoms with Gasteiger partial charge in [-0.3, -0.25) is 0 Å². The molecule has 0 aromatic carbocycles. The van der Waals surface area contributed by atoms with E-state index in [4.69, 9.17) is 27.9 Å². The van der Waals surface area contributed by atoms with Gasteiger partial charge in [-0.05, 0) is 25.0 Å². The van der Waals surface area contributed by atoms with E-state index in [1.54, 1.807) is 0 Å². The Kier molecular flexibility index (Phi) is 3.14. The molecule has 0 N–H and O–H groups in total. The first kappa shape index (κ1) is 9.78. The summed E-state index contributed by atoms with van der Waals surface area (Å²) in [4.78, 5) is 1.11. The van der Waals surface area contributed by atoms with Crippen molar-refractivity contribution in [3.8, 4) is 0 Å². The molecule has 0 bridgehead atoms. The Morgan fingerprint density at radius 1 is 1.54 bits per heavy atom. The Balaban J connectivity index is 2.07. The van der Waals surface area contributed by atoms with Gasteiger partial charge in [0.05, 0.1) is 15.8 Å². The minimum atomic E-state index is -0.0278. The van der Waals surface area contributed by atoms with E-state index in [9.17, 15) is 0 Å². The lowest BCUT2D eigenvalue weighted by Crippen LogP contribution is -2.11. The second-order valence-corrected chi connectivity index (χ2v) is 5.31. The molecular weight excluding hydrogens is 227 g/mol. The van der Waals surface area contributed by atoms with Crippen LogP contribution in [-0.2, 0) is 4.74 Å². The Morgan fingerprint density at radius 3 is 2.92 bits per heavy atom. The average Bonchev–Trinajstić information content (AvgIpc) is 2.72. The molecular formula is C9H10Cl2OS. The summed E-state index contributed by atoms with van der Waals surface area (Å²) in [5.41, 5.74) is 0. The molecule has 1 aliphatic heterocycles. The van der Waals surface area contributed by atoms with Gasteiger partial charge in [-0.15, -0.1) is 22.9 Å². The third-order valence-electron chi connectivity index (χ3n) is 2.16. The summed E-state index contributed by atoms with van der Waals surface area (Å²) in [5, 5.41) is -0.0278. The summed E-state index contributed by atoms with van der Waals surface area (Å²) in [6.07, 6.45) is 2.35. The molecule has 0 radical (unpaired) electrons. The maximum absolute atomic E-state index is 6.25. The molecule has 2 rings (SSSR count). The normalized spacial score (nSPS) is 24.9. The van der Waals surface area contributed by atoms with E-state index in [0.29, 0.717) is 0 Å². The smallest absolute Gasteiger partial charge is 0.0940 e. The molecule has 2 heterocycles. The second-order valence-electron chi connectivity index (χ2n) is 3.10. The number of alkyl halides is 1. The van der Waals surface area contributed by atoms with Crippen molar-refractivity contribution in [1.29, 1.82) is 0 Å². The predicted molar refractivity (Wildman–Crippen MR) is 56.9 cm³/mol. The van der Waals surface area contributed by atoms with Gasteiger partial charge in [-0.1, -0.05) is 11.6 Å². The number of rotatable bonds is 2. The van der Waals surface area contributed by atoms with E-state index in [2.05, 4.69) is 0 Å². The van der Waals surface area contributed by atoms with Crippen LogP contribution >= 0.6 is 34.5 Å². The summed E-state index contributed by atoms with van der Waals surface area (Å²) >= 11 is 13.6. The van der Waals surface area contributed by atoms with Crippen molar-refractivity contribution in [3.05, 3.63) is 21.3 Å². The van der Waals surface area contributed by atoms with Gasteiger partial charge in [0.2, 0.25) is 0 Å². The molecule has 13 heavy (non-hydrogen) atoms. The summed E-state index contributed by atoms with van der Waals surface area (Å²) in [7, 11) is 0. The van der Waals surface area contributed by atoms with E-state index in [1.165, 1.54) is 11.3 Å². The fourth-order valence-electron chi connectivity index (χ4n) is 1.49. The molecule has 0 spiro atoms. The van der Waals surface area contributed by atoms with Crippen LogP contribution in [0.3, 0.4) is 0 Å². The number of hydrogen-bond acceptors (Lipinski definition) is 2. The number of hydrogen-bond donors (Lipinski definition) is 0. The van der Waals surface area contributed by atoms with Gasteiger partial charge in [0, 0.05) is 11.5 Å². The van der Waals surface area contributed by atoms with Crippen molar-refractivity contribution in [2.24, 2.45) is 0 Å². The first-order valence-corrected chi connectivity index (χ1v) is 5.91. The summed E-state index contributed by atoms with van der Waals surface area (Å²) in [6, 6.07) is 3.86. The van der Waals surface area contributed by atoms with Crippen molar-refractivity contribution in [3.63, 3.8) is 0 Å². The van der Waals surface area contributed by atoms with Crippen molar-refractivity contribution in [2.75, 3.05) is 6.61 Å². The van der Waals surface area contributed by atoms with Crippen LogP contribution in [0.15, 0.2) is 12.1 Å². The Morgan fingerprint density at radius 2 is 2.38 bits per heavy atom. The fourth-order valence-corrected chi connectivity index (χ4v) is 2.99. The van der Waals surface area contributed by atoms with Gasteiger partial charge >= 0.3 is 0 Å². The molecule has 1 saturated heterocycles. The molecule has 0 saturated carbocycles. The summed E-state index contributed by atoms with van der Waals surface area (Å²) in [6.45, 7) is 0.840. The number of thiophene rings is 1. The maximum atomic E-state index is 6.25. The molecule has 1 nitrogen and oxygen atoms in total. The third-order valence-corrected chi connectivity index (χ3v) is 4.12. The molecule has 1 aromatic heterocycles. The van der Waals surface area contributed by atoms with Crippen LogP contribution in [0.1, 0.15) is 23.1 Å². The zero-order valence-corrected chi connectivity index (χ0v) is 9.33. The molecule has 2 unspecified atom stereocenters. The molecule has 1 aliphatic rings. The molecule has 0 aliphatic carbocycles. The molecule has 1 aromatic rings. The van der Waals surface area contributed by atoms with E-state index < -0.39 is 0 Å². The van der Waals surface area contributed by atoms with Crippen LogP contribution < -0.4 is 0 Å². The van der Waals surface area contributed by atoms with Gasteiger partial charge < -0.3 is 4.74 Å². The lowest BCUT2D eigenvalue weighted by molar-refractivity contribution is 0.108. The summed E-state index contributed by atoms with van der Waals surface area (Å²) < 4.78 is 6.30. The highest BCUT2D eigenvalue weighted by atomic mass is 35.5. The predicted octanol–water partition coefficient (Wildman–Crippen LogP) is 3.86. The minimum absolute atomic E-state index is 0.0278. The quantitative estimate of drug-likeness (QED) is 0.709. The van der Waals surface area contributed by atoms with Crippen molar-refractivity contribution < 1.29 is 4.74 Å².